The van der Waals surface area contributed by atoms with Gasteiger partial charge in [0.15, 0.2) is 0 Å². The fourth-order valence-corrected chi connectivity index (χ4v) is 0.494. The lowest BCUT2D eigenvalue weighted by Gasteiger charge is -1.96. The Kier molecular flexibility index (Phi) is 5.42. The van der Waals surface area contributed by atoms with E-state index in [0.29, 0.717) is 18.7 Å². The lowest BCUT2D eigenvalue weighted by atomic mass is 10.3. The first-order chi connectivity index (χ1) is 5.18. The van der Waals surface area contributed by atoms with E-state index in [-0.39, 0.29) is 6.61 Å². The van der Waals surface area contributed by atoms with Crippen molar-refractivity contribution in [1.29, 1.82) is 0 Å². The number of carboxylic acids is 1. The van der Waals surface area contributed by atoms with Gasteiger partial charge in [0.1, 0.15) is 0 Å². The summed E-state index contributed by atoms with van der Waals surface area (Å²) in [5, 5.41) is 19.6. The molecule has 0 radical (unpaired) electrons. The van der Waals surface area contributed by atoms with Crippen molar-refractivity contribution in [1.82, 2.24) is 5.32 Å². The average Bonchev–Trinajstić information content (AvgIpc) is 1.97. The molecule has 0 saturated carbocycles. The Hall–Kier alpha value is -0.870. The summed E-state index contributed by atoms with van der Waals surface area (Å²) >= 11 is 0. The Balaban J connectivity index is 3.48. The molecule has 0 aromatic heterocycles. The van der Waals surface area contributed by atoms with Gasteiger partial charge in [-0.2, -0.15) is 0 Å². The zero-order valence-corrected chi connectivity index (χ0v) is 6.50. The summed E-state index contributed by atoms with van der Waals surface area (Å²) in [5.74, 6) is -0.907. The summed E-state index contributed by atoms with van der Waals surface area (Å²) < 4.78 is 0. The molecular formula is C7H13NO3. The minimum absolute atomic E-state index is 0.0694. The molecule has 0 spiro atoms. The quantitative estimate of drug-likeness (QED) is 0.377. The van der Waals surface area contributed by atoms with Crippen molar-refractivity contribution in [2.45, 2.75) is 6.92 Å². The zero-order valence-electron chi connectivity index (χ0n) is 6.50. The second kappa shape index (κ2) is 5.88. The number of hydrogen-bond acceptors (Lipinski definition) is 3. The van der Waals surface area contributed by atoms with Gasteiger partial charge in [-0.05, 0) is 6.92 Å². The molecule has 0 fully saturated rings. The van der Waals surface area contributed by atoms with E-state index in [2.05, 4.69) is 5.32 Å². The van der Waals surface area contributed by atoms with Crippen LogP contribution in [-0.4, -0.2) is 35.9 Å². The van der Waals surface area contributed by atoms with Crippen LogP contribution in [0, 0.1) is 0 Å². The van der Waals surface area contributed by atoms with E-state index in [1.165, 1.54) is 6.92 Å². The number of hydrogen-bond donors (Lipinski definition) is 3. The highest BCUT2D eigenvalue weighted by Crippen LogP contribution is 1.88. The fraction of sp³-hybridized carbons (Fsp3) is 0.571. The van der Waals surface area contributed by atoms with Crippen molar-refractivity contribution in [3.63, 3.8) is 0 Å². The van der Waals surface area contributed by atoms with Gasteiger partial charge in [0.25, 0.3) is 0 Å². The maximum absolute atomic E-state index is 10.2. The summed E-state index contributed by atoms with van der Waals surface area (Å²) in [6, 6.07) is 0. The molecule has 0 unspecified atom stereocenters. The van der Waals surface area contributed by atoms with E-state index in [1.54, 1.807) is 6.08 Å². The Morgan fingerprint density at radius 2 is 2.27 bits per heavy atom. The predicted molar refractivity (Wildman–Crippen MR) is 41.3 cm³/mol. The molecule has 0 saturated heterocycles. The highest BCUT2D eigenvalue weighted by Gasteiger charge is 1.96. The molecule has 3 N–H and O–H groups in total. The molecule has 0 rings (SSSR count). The second-order valence-electron chi connectivity index (χ2n) is 2.12. The van der Waals surface area contributed by atoms with Gasteiger partial charge in [-0.15, -0.1) is 0 Å². The third-order valence-electron chi connectivity index (χ3n) is 1.18. The molecule has 4 nitrogen and oxygen atoms in total. The molecule has 0 bridgehead atoms. The summed E-state index contributed by atoms with van der Waals surface area (Å²) in [6.45, 7) is 2.57. The number of aliphatic carboxylic acids is 1. The number of nitrogens with one attached hydrogen (secondary N) is 1. The van der Waals surface area contributed by atoms with Gasteiger partial charge >= 0.3 is 5.97 Å². The molecular weight excluding hydrogens is 146 g/mol. The van der Waals surface area contributed by atoms with Gasteiger partial charge in [0.2, 0.25) is 0 Å². The first-order valence-electron chi connectivity index (χ1n) is 3.40. The van der Waals surface area contributed by atoms with Crippen molar-refractivity contribution in [2.24, 2.45) is 0 Å². The maximum atomic E-state index is 10.2. The third-order valence-corrected chi connectivity index (χ3v) is 1.18. The lowest BCUT2D eigenvalue weighted by molar-refractivity contribution is -0.132. The summed E-state index contributed by atoms with van der Waals surface area (Å²) in [5.41, 5.74) is 0.315. The van der Waals surface area contributed by atoms with Crippen molar-refractivity contribution in [3.05, 3.63) is 11.6 Å². The normalized spacial score (nSPS) is 11.6. The standard InChI is InChI=1S/C7H13NO3/c1-6(7(10)11)2-3-8-4-5-9/h2,8-9H,3-5H2,1H3,(H,10,11). The van der Waals surface area contributed by atoms with Crippen LogP contribution in [0.25, 0.3) is 0 Å². The lowest BCUT2D eigenvalue weighted by Crippen LogP contribution is -2.18. The van der Waals surface area contributed by atoms with E-state index in [0.717, 1.165) is 0 Å². The van der Waals surface area contributed by atoms with Crippen molar-refractivity contribution in [2.75, 3.05) is 19.7 Å². The maximum Gasteiger partial charge on any atom is 0.330 e. The molecule has 0 aliphatic carbocycles. The van der Waals surface area contributed by atoms with Crippen LogP contribution in [-0.2, 0) is 4.79 Å². The Morgan fingerprint density at radius 1 is 1.64 bits per heavy atom. The second-order valence-corrected chi connectivity index (χ2v) is 2.12. The summed E-state index contributed by atoms with van der Waals surface area (Å²) in [6.07, 6.45) is 1.57. The fourth-order valence-electron chi connectivity index (χ4n) is 0.494. The van der Waals surface area contributed by atoms with E-state index in [4.69, 9.17) is 10.2 Å². The minimum atomic E-state index is -0.907. The highest BCUT2D eigenvalue weighted by atomic mass is 16.4. The molecule has 0 aromatic carbocycles. The summed E-state index contributed by atoms with van der Waals surface area (Å²) in [4.78, 5) is 10.2. The number of rotatable bonds is 5. The molecule has 0 amide bonds. The SMILES string of the molecule is CC(=CCNCCO)C(=O)O. The molecule has 0 atom stereocenters. The third kappa shape index (κ3) is 5.57. The van der Waals surface area contributed by atoms with Crippen molar-refractivity contribution in [3.8, 4) is 0 Å². The van der Waals surface area contributed by atoms with Crippen LogP contribution in [0.1, 0.15) is 6.92 Å². The first-order valence-corrected chi connectivity index (χ1v) is 3.40. The van der Waals surface area contributed by atoms with Gasteiger partial charge < -0.3 is 15.5 Å². The van der Waals surface area contributed by atoms with Crippen LogP contribution >= 0.6 is 0 Å². The predicted octanol–water partition coefficient (Wildman–Crippen LogP) is -0.401. The number of carbonyl (C=O) groups is 1. The highest BCUT2D eigenvalue weighted by molar-refractivity contribution is 5.85. The van der Waals surface area contributed by atoms with Gasteiger partial charge in [-0.25, -0.2) is 4.79 Å². The molecule has 4 heteroatoms. The molecule has 0 aliphatic rings. The van der Waals surface area contributed by atoms with E-state index in [9.17, 15) is 4.79 Å². The molecule has 0 heterocycles. The number of aliphatic hydroxyl groups excluding tert-OH is 1. The Bertz CT molecular complexity index is 154. The molecule has 64 valence electrons. The Morgan fingerprint density at radius 3 is 2.73 bits per heavy atom. The Labute approximate surface area is 65.5 Å². The van der Waals surface area contributed by atoms with Crippen molar-refractivity contribution >= 4 is 5.97 Å². The van der Waals surface area contributed by atoms with Gasteiger partial charge in [0, 0.05) is 18.7 Å². The summed E-state index contributed by atoms with van der Waals surface area (Å²) in [7, 11) is 0. The molecule has 0 aliphatic heterocycles. The van der Waals surface area contributed by atoms with Gasteiger partial charge in [0.05, 0.1) is 6.61 Å². The van der Waals surface area contributed by atoms with Crippen LogP contribution < -0.4 is 5.32 Å². The first kappa shape index (κ1) is 10.1. The largest absolute Gasteiger partial charge is 0.478 e. The number of carboxylic acid groups (broad SMARTS) is 1. The topological polar surface area (TPSA) is 69.6 Å². The number of aliphatic hydroxyl groups is 1. The minimum Gasteiger partial charge on any atom is -0.478 e. The van der Waals surface area contributed by atoms with E-state index in [1.807, 2.05) is 0 Å². The monoisotopic (exact) mass is 159 g/mol. The molecule has 11 heavy (non-hydrogen) atoms. The van der Waals surface area contributed by atoms with Crippen LogP contribution in [0.15, 0.2) is 11.6 Å². The van der Waals surface area contributed by atoms with Crippen LogP contribution in [0.5, 0.6) is 0 Å². The van der Waals surface area contributed by atoms with Crippen LogP contribution in [0.2, 0.25) is 0 Å². The molecule has 0 aromatic rings. The van der Waals surface area contributed by atoms with E-state index < -0.39 is 5.97 Å². The zero-order chi connectivity index (χ0) is 8.69. The van der Waals surface area contributed by atoms with Crippen LogP contribution in [0.4, 0.5) is 0 Å². The van der Waals surface area contributed by atoms with Crippen LogP contribution in [0.3, 0.4) is 0 Å². The van der Waals surface area contributed by atoms with E-state index >= 15 is 0 Å². The van der Waals surface area contributed by atoms with Crippen molar-refractivity contribution < 1.29 is 15.0 Å². The average molecular weight is 159 g/mol. The van der Waals surface area contributed by atoms with Gasteiger partial charge in [-0.3, -0.25) is 0 Å². The smallest absolute Gasteiger partial charge is 0.330 e. The van der Waals surface area contributed by atoms with Gasteiger partial charge in [-0.1, -0.05) is 6.08 Å².